The monoisotopic (exact) mass is 477 g/mol. The quantitative estimate of drug-likeness (QED) is 0.483. The summed E-state index contributed by atoms with van der Waals surface area (Å²) in [5, 5.41) is 2.69. The van der Waals surface area contributed by atoms with Gasteiger partial charge in [0.05, 0.1) is 18.6 Å². The molecule has 0 aromatic heterocycles. The first-order chi connectivity index (χ1) is 16.2. The summed E-state index contributed by atoms with van der Waals surface area (Å²) >= 11 is 0. The van der Waals surface area contributed by atoms with Crippen LogP contribution in [0.2, 0.25) is 0 Å². The molecule has 190 valence electrons. The number of carbonyl (C=O) groups excluding carboxylic acids is 2. The van der Waals surface area contributed by atoms with E-state index in [0.29, 0.717) is 44.6 Å². The minimum atomic E-state index is -0.345. The lowest BCUT2D eigenvalue weighted by atomic mass is 9.68. The molecule has 0 unspecified atom stereocenters. The molecule has 34 heavy (non-hydrogen) atoms. The van der Waals surface area contributed by atoms with Crippen LogP contribution in [0.15, 0.2) is 11.6 Å². The molecule has 0 bridgehead atoms. The van der Waals surface area contributed by atoms with Crippen molar-refractivity contribution < 1.29 is 28.5 Å². The van der Waals surface area contributed by atoms with Gasteiger partial charge in [-0.15, -0.1) is 0 Å². The summed E-state index contributed by atoms with van der Waals surface area (Å²) in [5.41, 5.74) is 0.705. The number of likely N-dealkylation sites (tertiary alicyclic amines) is 2. The lowest BCUT2D eigenvalue weighted by Crippen LogP contribution is -2.56. The zero-order valence-corrected chi connectivity index (χ0v) is 21.0. The first-order valence-corrected chi connectivity index (χ1v) is 12.6. The third-order valence-electron chi connectivity index (χ3n) is 8.73. The molecular weight excluding hydrogens is 438 g/mol. The van der Waals surface area contributed by atoms with Crippen LogP contribution in [0.4, 0.5) is 9.59 Å². The van der Waals surface area contributed by atoms with Crippen molar-refractivity contribution in [2.45, 2.75) is 69.5 Å². The number of amides is 3. The van der Waals surface area contributed by atoms with E-state index in [0.717, 1.165) is 19.3 Å². The van der Waals surface area contributed by atoms with Crippen LogP contribution in [0, 0.1) is 17.8 Å². The molecule has 0 aromatic rings. The standard InChI is InChI=1S/C25H39N3O6/c1-15(2)6-7-19-24(3,34-19)21-20(31-5)18(8-9-25(21)14-32-25)33-23(30)28-12-16-10-27(22(29)26-4)11-17(16)13-28/h6,16-21H,7-14H2,1-5H3,(H,26,29)/t16-,17+,18-,19-,20-,21-,24+,25+/m1/s1. The smallest absolute Gasteiger partial charge is 0.410 e. The number of rotatable bonds is 5. The van der Waals surface area contributed by atoms with E-state index in [2.05, 4.69) is 32.2 Å². The first-order valence-electron chi connectivity index (χ1n) is 12.6. The fourth-order valence-corrected chi connectivity index (χ4v) is 6.74. The van der Waals surface area contributed by atoms with Gasteiger partial charge in [-0.2, -0.15) is 0 Å². The second-order valence-electron chi connectivity index (χ2n) is 11.2. The number of nitrogens with zero attached hydrogens (tertiary/aromatic N) is 2. The van der Waals surface area contributed by atoms with Crippen LogP contribution in [-0.2, 0) is 18.9 Å². The fourth-order valence-electron chi connectivity index (χ4n) is 6.74. The van der Waals surface area contributed by atoms with Gasteiger partial charge in [0, 0.05) is 52.2 Å². The molecule has 4 heterocycles. The zero-order valence-electron chi connectivity index (χ0n) is 21.0. The van der Waals surface area contributed by atoms with Crippen LogP contribution in [-0.4, -0.2) is 98.4 Å². The Morgan fingerprint density at radius 1 is 1.15 bits per heavy atom. The van der Waals surface area contributed by atoms with Gasteiger partial charge in [-0.1, -0.05) is 11.6 Å². The van der Waals surface area contributed by atoms with Crippen LogP contribution in [0.25, 0.3) is 0 Å². The Bertz CT molecular complexity index is 842. The van der Waals surface area contributed by atoms with Crippen molar-refractivity contribution in [2.24, 2.45) is 17.8 Å². The highest BCUT2D eigenvalue weighted by Crippen LogP contribution is 2.59. The average Bonchev–Trinajstić information content (AvgIpc) is 3.60. The van der Waals surface area contributed by atoms with Crippen molar-refractivity contribution in [3.8, 4) is 0 Å². The van der Waals surface area contributed by atoms with Gasteiger partial charge < -0.3 is 34.1 Å². The summed E-state index contributed by atoms with van der Waals surface area (Å²) < 4.78 is 24.3. The molecule has 1 spiro atoms. The lowest BCUT2D eigenvalue weighted by molar-refractivity contribution is -0.121. The van der Waals surface area contributed by atoms with Crippen LogP contribution in [0.1, 0.15) is 40.0 Å². The molecule has 5 aliphatic rings. The van der Waals surface area contributed by atoms with Gasteiger partial charge >= 0.3 is 12.1 Å². The predicted molar refractivity (Wildman–Crippen MR) is 124 cm³/mol. The second-order valence-corrected chi connectivity index (χ2v) is 11.2. The molecule has 3 amide bonds. The first kappa shape index (κ1) is 23.9. The summed E-state index contributed by atoms with van der Waals surface area (Å²) in [4.78, 5) is 28.7. The largest absolute Gasteiger partial charge is 0.443 e. The normalized spacial score (nSPS) is 42.4. The molecule has 1 N–H and O–H groups in total. The number of allylic oxidation sites excluding steroid dienone is 1. The second kappa shape index (κ2) is 8.68. The highest BCUT2D eigenvalue weighted by Gasteiger charge is 2.72. The van der Waals surface area contributed by atoms with E-state index in [1.54, 1.807) is 14.2 Å². The maximum absolute atomic E-state index is 13.2. The highest BCUT2D eigenvalue weighted by molar-refractivity contribution is 5.74. The van der Waals surface area contributed by atoms with Crippen LogP contribution < -0.4 is 5.32 Å². The molecule has 1 aliphatic carbocycles. The van der Waals surface area contributed by atoms with E-state index in [4.69, 9.17) is 18.9 Å². The van der Waals surface area contributed by atoms with Crippen molar-refractivity contribution in [3.63, 3.8) is 0 Å². The van der Waals surface area contributed by atoms with E-state index in [9.17, 15) is 9.59 Å². The van der Waals surface area contributed by atoms with E-state index >= 15 is 0 Å². The number of fused-ring (bicyclic) bond motifs is 1. The van der Waals surface area contributed by atoms with Gasteiger partial charge in [0.1, 0.15) is 23.4 Å². The van der Waals surface area contributed by atoms with Crippen molar-refractivity contribution in [2.75, 3.05) is 46.9 Å². The van der Waals surface area contributed by atoms with Gasteiger partial charge in [-0.3, -0.25) is 0 Å². The Kier molecular flexibility index (Phi) is 6.09. The number of carbonyl (C=O) groups is 2. The van der Waals surface area contributed by atoms with E-state index in [1.165, 1.54) is 5.57 Å². The Balaban J connectivity index is 1.22. The third kappa shape index (κ3) is 4.09. The highest BCUT2D eigenvalue weighted by atomic mass is 16.6. The zero-order chi connectivity index (χ0) is 24.3. The minimum absolute atomic E-state index is 0.0196. The molecule has 9 nitrogen and oxygen atoms in total. The van der Waals surface area contributed by atoms with Gasteiger partial charge in [-0.05, 0) is 40.0 Å². The Morgan fingerprint density at radius 2 is 1.79 bits per heavy atom. The minimum Gasteiger partial charge on any atom is -0.443 e. The van der Waals surface area contributed by atoms with Crippen molar-refractivity contribution in [1.82, 2.24) is 15.1 Å². The number of hydrogen-bond donors (Lipinski definition) is 1. The third-order valence-corrected chi connectivity index (χ3v) is 8.73. The molecule has 5 fully saturated rings. The summed E-state index contributed by atoms with van der Waals surface area (Å²) in [5.74, 6) is 0.631. The predicted octanol–water partition coefficient (Wildman–Crippen LogP) is 2.40. The maximum Gasteiger partial charge on any atom is 0.410 e. The molecule has 8 atom stereocenters. The molecule has 0 aromatic carbocycles. The van der Waals surface area contributed by atoms with Crippen LogP contribution in [0.3, 0.4) is 0 Å². The van der Waals surface area contributed by atoms with E-state index in [-0.39, 0.29) is 47.6 Å². The molecule has 1 saturated carbocycles. The molecule has 9 heteroatoms. The number of nitrogens with one attached hydrogen (secondary N) is 1. The fraction of sp³-hybridized carbons (Fsp3) is 0.840. The number of methoxy groups -OCH3 is 1. The number of epoxide rings is 2. The van der Waals surface area contributed by atoms with Crippen LogP contribution >= 0.6 is 0 Å². The van der Waals surface area contributed by atoms with Gasteiger partial charge in [0.15, 0.2) is 0 Å². The molecule has 5 rings (SSSR count). The molecule has 4 aliphatic heterocycles. The van der Waals surface area contributed by atoms with Gasteiger partial charge in [0.25, 0.3) is 0 Å². The topological polar surface area (TPSA) is 96.2 Å². The Labute approximate surface area is 202 Å². The van der Waals surface area contributed by atoms with E-state index in [1.807, 2.05) is 9.80 Å². The number of ether oxygens (including phenoxy) is 4. The summed E-state index contributed by atoms with van der Waals surface area (Å²) in [6, 6.07) is -0.0467. The SMILES string of the molecule is CNC(=O)N1C[C@@H]2CN(C(=O)O[C@@H]3CC[C@]4(CO4)[C@@H]([C@@]4(C)O[C@@H]4CC=C(C)C)[C@@H]3OC)C[C@@H]2C1. The molecular formula is C25H39N3O6. The Morgan fingerprint density at radius 3 is 2.35 bits per heavy atom. The summed E-state index contributed by atoms with van der Waals surface area (Å²) in [6.45, 7) is 9.69. The number of hydrogen-bond acceptors (Lipinski definition) is 6. The van der Waals surface area contributed by atoms with Gasteiger partial charge in [0.2, 0.25) is 0 Å². The van der Waals surface area contributed by atoms with Gasteiger partial charge in [-0.25, -0.2) is 9.59 Å². The maximum atomic E-state index is 13.2. The summed E-state index contributed by atoms with van der Waals surface area (Å²) in [7, 11) is 3.35. The van der Waals surface area contributed by atoms with Crippen molar-refractivity contribution >= 4 is 12.1 Å². The summed E-state index contributed by atoms with van der Waals surface area (Å²) in [6.07, 6.45) is 3.91. The molecule has 0 radical (unpaired) electrons. The van der Waals surface area contributed by atoms with E-state index < -0.39 is 0 Å². The Hall–Kier alpha value is -1.84. The van der Waals surface area contributed by atoms with Crippen molar-refractivity contribution in [1.29, 1.82) is 0 Å². The molecule has 4 saturated heterocycles. The number of urea groups is 1. The van der Waals surface area contributed by atoms with Crippen LogP contribution in [0.5, 0.6) is 0 Å². The average molecular weight is 478 g/mol. The lowest BCUT2D eigenvalue weighted by Gasteiger charge is -2.43. The van der Waals surface area contributed by atoms with Crippen molar-refractivity contribution in [3.05, 3.63) is 11.6 Å².